The van der Waals surface area contributed by atoms with Gasteiger partial charge in [-0.3, -0.25) is 0 Å². The molecule has 14 heavy (non-hydrogen) atoms. The second kappa shape index (κ2) is 6.74. The number of benzene rings is 1. The summed E-state index contributed by atoms with van der Waals surface area (Å²) >= 11 is 4.12. The number of rotatable bonds is 6. The normalized spacial score (nSPS) is 10.1. The van der Waals surface area contributed by atoms with Crippen LogP contribution >= 0.6 is 12.6 Å². The second-order valence-electron chi connectivity index (χ2n) is 3.11. The lowest BCUT2D eigenvalue weighted by Gasteiger charge is -2.06. The minimum atomic E-state index is 0.681. The number of ether oxygens (including phenoxy) is 1. The maximum atomic E-state index is 5.54. The summed E-state index contributed by atoms with van der Waals surface area (Å²) in [6.45, 7) is 1.41. The molecule has 0 atom stereocenters. The van der Waals surface area contributed by atoms with Crippen LogP contribution in [-0.2, 0) is 6.42 Å². The largest absolute Gasteiger partial charge is 0.494 e. The maximum Gasteiger partial charge on any atom is 0.119 e. The molecule has 0 aliphatic heterocycles. The zero-order valence-electron chi connectivity index (χ0n) is 8.28. The van der Waals surface area contributed by atoms with E-state index in [4.69, 9.17) is 10.5 Å². The van der Waals surface area contributed by atoms with Gasteiger partial charge in [0.15, 0.2) is 0 Å². The fourth-order valence-electron chi connectivity index (χ4n) is 1.21. The van der Waals surface area contributed by atoms with E-state index in [9.17, 15) is 0 Å². The summed E-state index contributed by atoms with van der Waals surface area (Å²) in [5, 5.41) is 0. The molecule has 0 unspecified atom stereocenters. The SMILES string of the molecule is NCCc1cccc(OCCCS)c1. The Morgan fingerprint density at radius 3 is 2.93 bits per heavy atom. The predicted octanol–water partition coefficient (Wildman–Crippen LogP) is 1.89. The maximum absolute atomic E-state index is 5.54. The summed E-state index contributed by atoms with van der Waals surface area (Å²) < 4.78 is 5.54. The molecule has 0 aromatic heterocycles. The van der Waals surface area contributed by atoms with Gasteiger partial charge in [0.25, 0.3) is 0 Å². The molecule has 2 N–H and O–H groups in total. The minimum Gasteiger partial charge on any atom is -0.494 e. The van der Waals surface area contributed by atoms with Crippen LogP contribution in [0.15, 0.2) is 24.3 Å². The number of thiol groups is 1. The first-order valence-corrected chi connectivity index (χ1v) is 5.52. The van der Waals surface area contributed by atoms with Crippen LogP contribution in [0.25, 0.3) is 0 Å². The average Bonchev–Trinajstić information content (AvgIpc) is 2.19. The van der Waals surface area contributed by atoms with Gasteiger partial charge in [0.1, 0.15) is 5.75 Å². The molecule has 0 saturated carbocycles. The molecule has 0 aliphatic rings. The van der Waals surface area contributed by atoms with E-state index in [1.54, 1.807) is 0 Å². The van der Waals surface area contributed by atoms with Gasteiger partial charge in [0.05, 0.1) is 6.61 Å². The fraction of sp³-hybridized carbons (Fsp3) is 0.455. The highest BCUT2D eigenvalue weighted by Crippen LogP contribution is 2.13. The third kappa shape index (κ3) is 4.03. The van der Waals surface area contributed by atoms with Crippen LogP contribution < -0.4 is 10.5 Å². The molecule has 1 rings (SSSR count). The van der Waals surface area contributed by atoms with Crippen molar-refractivity contribution in [3.8, 4) is 5.75 Å². The zero-order chi connectivity index (χ0) is 10.2. The van der Waals surface area contributed by atoms with Crippen molar-refractivity contribution in [2.45, 2.75) is 12.8 Å². The molecular formula is C11H17NOS. The molecule has 2 nitrogen and oxygen atoms in total. The molecule has 0 radical (unpaired) electrons. The molecule has 0 heterocycles. The van der Waals surface area contributed by atoms with Gasteiger partial charge < -0.3 is 10.5 Å². The molecule has 1 aromatic carbocycles. The van der Waals surface area contributed by atoms with Crippen molar-refractivity contribution >= 4 is 12.6 Å². The van der Waals surface area contributed by atoms with Crippen molar-refractivity contribution < 1.29 is 4.74 Å². The molecule has 3 heteroatoms. The van der Waals surface area contributed by atoms with Crippen LogP contribution in [-0.4, -0.2) is 18.9 Å². The average molecular weight is 211 g/mol. The van der Waals surface area contributed by atoms with Crippen LogP contribution in [0.4, 0.5) is 0 Å². The third-order valence-electron chi connectivity index (χ3n) is 1.90. The van der Waals surface area contributed by atoms with Crippen LogP contribution in [0, 0.1) is 0 Å². The highest BCUT2D eigenvalue weighted by atomic mass is 32.1. The van der Waals surface area contributed by atoms with Gasteiger partial charge in [-0.15, -0.1) is 0 Å². The Bertz CT molecular complexity index is 265. The Labute approximate surface area is 90.9 Å². The van der Waals surface area contributed by atoms with Crippen molar-refractivity contribution in [2.75, 3.05) is 18.9 Å². The van der Waals surface area contributed by atoms with Crippen LogP contribution in [0.2, 0.25) is 0 Å². The van der Waals surface area contributed by atoms with Crippen LogP contribution in [0.5, 0.6) is 5.75 Å². The first-order valence-electron chi connectivity index (χ1n) is 4.89. The summed E-state index contributed by atoms with van der Waals surface area (Å²) in [5.74, 6) is 1.79. The van der Waals surface area contributed by atoms with E-state index in [2.05, 4.69) is 18.7 Å². The summed E-state index contributed by atoms with van der Waals surface area (Å²) in [7, 11) is 0. The Hall–Kier alpha value is -0.670. The van der Waals surface area contributed by atoms with Gasteiger partial charge >= 0.3 is 0 Å². The topological polar surface area (TPSA) is 35.2 Å². The van der Waals surface area contributed by atoms with E-state index in [0.717, 1.165) is 31.0 Å². The fourth-order valence-corrected chi connectivity index (χ4v) is 1.34. The highest BCUT2D eigenvalue weighted by Gasteiger charge is 1.95. The van der Waals surface area contributed by atoms with Crippen molar-refractivity contribution in [1.29, 1.82) is 0 Å². The standard InChI is InChI=1S/C11H17NOS/c12-6-5-10-3-1-4-11(9-10)13-7-2-8-14/h1,3-4,9,14H,2,5-8,12H2. The molecule has 0 aliphatic carbocycles. The summed E-state index contributed by atoms with van der Waals surface area (Å²) in [6, 6.07) is 8.09. The Morgan fingerprint density at radius 1 is 1.36 bits per heavy atom. The predicted molar refractivity (Wildman–Crippen MR) is 63.2 cm³/mol. The Kier molecular flexibility index (Phi) is 5.49. The van der Waals surface area contributed by atoms with E-state index in [1.807, 2.05) is 18.2 Å². The lowest BCUT2D eigenvalue weighted by molar-refractivity contribution is 0.318. The molecule has 0 spiro atoms. The van der Waals surface area contributed by atoms with Gasteiger partial charge in [0, 0.05) is 0 Å². The molecule has 78 valence electrons. The number of hydrogen-bond donors (Lipinski definition) is 2. The number of nitrogens with two attached hydrogens (primary N) is 1. The zero-order valence-corrected chi connectivity index (χ0v) is 9.17. The Morgan fingerprint density at radius 2 is 2.21 bits per heavy atom. The summed E-state index contributed by atoms with van der Waals surface area (Å²) in [6.07, 6.45) is 1.88. The molecule has 0 amide bonds. The number of hydrogen-bond acceptors (Lipinski definition) is 3. The highest BCUT2D eigenvalue weighted by molar-refractivity contribution is 7.80. The van der Waals surface area contributed by atoms with E-state index in [1.165, 1.54) is 5.56 Å². The lowest BCUT2D eigenvalue weighted by Crippen LogP contribution is -2.03. The van der Waals surface area contributed by atoms with E-state index >= 15 is 0 Å². The van der Waals surface area contributed by atoms with Gasteiger partial charge in [-0.25, -0.2) is 0 Å². The van der Waals surface area contributed by atoms with Gasteiger partial charge in [-0.05, 0) is 42.8 Å². The molecular weight excluding hydrogens is 194 g/mol. The Balaban J connectivity index is 2.46. The molecule has 1 aromatic rings. The first-order chi connectivity index (χ1) is 6.86. The van der Waals surface area contributed by atoms with Crippen molar-refractivity contribution in [3.63, 3.8) is 0 Å². The lowest BCUT2D eigenvalue weighted by atomic mass is 10.1. The van der Waals surface area contributed by atoms with E-state index in [-0.39, 0.29) is 0 Å². The van der Waals surface area contributed by atoms with Crippen molar-refractivity contribution in [1.82, 2.24) is 0 Å². The summed E-state index contributed by atoms with van der Waals surface area (Å²) in [4.78, 5) is 0. The smallest absolute Gasteiger partial charge is 0.119 e. The van der Waals surface area contributed by atoms with Crippen LogP contribution in [0.1, 0.15) is 12.0 Å². The van der Waals surface area contributed by atoms with Gasteiger partial charge in [-0.2, -0.15) is 12.6 Å². The molecule has 0 bridgehead atoms. The monoisotopic (exact) mass is 211 g/mol. The first kappa shape index (κ1) is 11.4. The van der Waals surface area contributed by atoms with E-state index < -0.39 is 0 Å². The van der Waals surface area contributed by atoms with E-state index in [0.29, 0.717) is 6.54 Å². The van der Waals surface area contributed by atoms with Gasteiger partial charge in [-0.1, -0.05) is 12.1 Å². The van der Waals surface area contributed by atoms with Crippen molar-refractivity contribution in [3.05, 3.63) is 29.8 Å². The molecule has 0 fully saturated rings. The second-order valence-corrected chi connectivity index (χ2v) is 3.56. The van der Waals surface area contributed by atoms with Crippen LogP contribution in [0.3, 0.4) is 0 Å². The van der Waals surface area contributed by atoms with Crippen molar-refractivity contribution in [2.24, 2.45) is 5.73 Å². The quantitative estimate of drug-likeness (QED) is 0.557. The molecule has 0 saturated heterocycles. The third-order valence-corrected chi connectivity index (χ3v) is 2.22. The summed E-state index contributed by atoms with van der Waals surface area (Å²) in [5.41, 5.74) is 6.71. The van der Waals surface area contributed by atoms with Gasteiger partial charge in [0.2, 0.25) is 0 Å². The minimum absolute atomic E-state index is 0.681.